The molecule has 3 heterocycles. The Morgan fingerprint density at radius 3 is 2.67 bits per heavy atom. The van der Waals surface area contributed by atoms with Crippen molar-refractivity contribution in [1.29, 1.82) is 0 Å². The molecule has 9 heteroatoms. The number of morpholine rings is 1. The highest BCUT2D eigenvalue weighted by molar-refractivity contribution is 7.99. The number of anilines is 1. The molecule has 1 saturated heterocycles. The summed E-state index contributed by atoms with van der Waals surface area (Å²) in [4.78, 5) is 6.97. The predicted molar refractivity (Wildman–Crippen MR) is 107 cm³/mol. The fourth-order valence-corrected chi connectivity index (χ4v) is 4.30. The lowest BCUT2D eigenvalue weighted by atomic mass is 10.0. The Balaban J connectivity index is 2.07. The van der Waals surface area contributed by atoms with Gasteiger partial charge in [0.05, 0.1) is 34.7 Å². The van der Waals surface area contributed by atoms with E-state index in [0.29, 0.717) is 13.2 Å². The second kappa shape index (κ2) is 7.44. The van der Waals surface area contributed by atoms with Crippen molar-refractivity contribution in [3.8, 4) is 0 Å². The van der Waals surface area contributed by atoms with Crippen LogP contribution in [0.4, 0.5) is 5.82 Å². The molecular formula is C18H26N4O3S2. The molecule has 7 nitrogen and oxygen atoms in total. The standard InChI is InChI=1S/C18H26N4O3S2/c1-12-8-17(21-20-12)26-16-10-14(18(3,4)27(5,23)24)9-15(19-16)22-6-7-25-11-13(22)2/h8-10,13H,6-7,11H2,1-5H3,(H,20,21)/t13-/m1/s1. The summed E-state index contributed by atoms with van der Waals surface area (Å²) in [5.41, 5.74) is 1.62. The molecular weight excluding hydrogens is 384 g/mol. The number of H-pyrrole nitrogens is 1. The molecule has 1 aliphatic heterocycles. The molecule has 1 N–H and O–H groups in total. The largest absolute Gasteiger partial charge is 0.377 e. The van der Waals surface area contributed by atoms with E-state index in [1.165, 1.54) is 18.0 Å². The van der Waals surface area contributed by atoms with Crippen LogP contribution in [0.15, 0.2) is 28.3 Å². The molecule has 0 saturated carbocycles. The second-order valence-corrected chi connectivity index (χ2v) is 11.1. The SMILES string of the molecule is Cc1cc(Sc2cc(C(C)(C)S(C)(=O)=O)cc(N3CCOC[C@H]3C)n2)[nH]n1. The highest BCUT2D eigenvalue weighted by Gasteiger charge is 2.34. The number of hydrogen-bond acceptors (Lipinski definition) is 7. The van der Waals surface area contributed by atoms with Crippen LogP contribution >= 0.6 is 11.8 Å². The molecule has 0 unspecified atom stereocenters. The Hall–Kier alpha value is -1.58. The molecule has 27 heavy (non-hydrogen) atoms. The Kier molecular flexibility index (Phi) is 5.56. The number of aryl methyl sites for hydroxylation is 1. The zero-order valence-electron chi connectivity index (χ0n) is 16.3. The van der Waals surface area contributed by atoms with Crippen LogP contribution < -0.4 is 4.90 Å². The summed E-state index contributed by atoms with van der Waals surface area (Å²) in [5, 5.41) is 8.73. The molecule has 2 aromatic rings. The van der Waals surface area contributed by atoms with Crippen molar-refractivity contribution in [3.05, 3.63) is 29.5 Å². The summed E-state index contributed by atoms with van der Waals surface area (Å²) in [7, 11) is -3.30. The van der Waals surface area contributed by atoms with E-state index >= 15 is 0 Å². The summed E-state index contributed by atoms with van der Waals surface area (Å²) in [6, 6.07) is 5.87. The molecule has 0 aliphatic carbocycles. The van der Waals surface area contributed by atoms with Gasteiger partial charge in [-0.05, 0) is 51.5 Å². The monoisotopic (exact) mass is 410 g/mol. The van der Waals surface area contributed by atoms with E-state index in [4.69, 9.17) is 9.72 Å². The van der Waals surface area contributed by atoms with Gasteiger partial charge in [-0.3, -0.25) is 5.10 Å². The molecule has 1 fully saturated rings. The van der Waals surface area contributed by atoms with Crippen molar-refractivity contribution < 1.29 is 13.2 Å². The lowest BCUT2D eigenvalue weighted by Crippen LogP contribution is -2.44. The van der Waals surface area contributed by atoms with Crippen molar-refractivity contribution in [3.63, 3.8) is 0 Å². The number of ether oxygens (including phenoxy) is 1. The molecule has 0 aromatic carbocycles. The predicted octanol–water partition coefficient (Wildman–Crippen LogP) is 2.77. The Morgan fingerprint density at radius 2 is 2.07 bits per heavy atom. The minimum Gasteiger partial charge on any atom is -0.377 e. The van der Waals surface area contributed by atoms with E-state index < -0.39 is 14.6 Å². The van der Waals surface area contributed by atoms with Crippen molar-refractivity contribution >= 4 is 27.4 Å². The second-order valence-electron chi connectivity index (χ2n) is 7.43. The van der Waals surface area contributed by atoms with E-state index in [1.807, 2.05) is 25.1 Å². The lowest BCUT2D eigenvalue weighted by Gasteiger charge is -2.35. The van der Waals surface area contributed by atoms with Gasteiger partial charge in [-0.15, -0.1) is 0 Å². The molecule has 0 amide bonds. The van der Waals surface area contributed by atoms with Crippen molar-refractivity contribution in [1.82, 2.24) is 15.2 Å². The molecule has 148 valence electrons. The fraction of sp³-hybridized carbons (Fsp3) is 0.556. The lowest BCUT2D eigenvalue weighted by molar-refractivity contribution is 0.0984. The third kappa shape index (κ3) is 4.30. The number of hydrogen-bond donors (Lipinski definition) is 1. The minimum absolute atomic E-state index is 0.176. The highest BCUT2D eigenvalue weighted by atomic mass is 32.2. The average Bonchev–Trinajstić information content (AvgIpc) is 2.98. The third-order valence-electron chi connectivity index (χ3n) is 4.97. The van der Waals surface area contributed by atoms with Crippen LogP contribution in [0.2, 0.25) is 0 Å². The number of aromatic amines is 1. The summed E-state index contributed by atoms with van der Waals surface area (Å²) in [6.07, 6.45) is 1.27. The van der Waals surface area contributed by atoms with Crippen LogP contribution in [0.1, 0.15) is 32.0 Å². The van der Waals surface area contributed by atoms with Crippen LogP contribution in [0.5, 0.6) is 0 Å². The van der Waals surface area contributed by atoms with Crippen molar-refractivity contribution in [2.75, 3.05) is 30.9 Å². The number of rotatable bonds is 5. The van der Waals surface area contributed by atoms with Gasteiger partial charge >= 0.3 is 0 Å². The normalized spacial score (nSPS) is 18.7. The number of nitrogens with zero attached hydrogens (tertiary/aromatic N) is 3. The number of sulfone groups is 1. The molecule has 2 aromatic heterocycles. The van der Waals surface area contributed by atoms with Crippen LogP contribution in [0.3, 0.4) is 0 Å². The fourth-order valence-electron chi connectivity index (χ4n) is 2.88. The zero-order chi connectivity index (χ0) is 19.8. The molecule has 1 atom stereocenters. The summed E-state index contributed by atoms with van der Waals surface area (Å²) in [6.45, 7) is 9.46. The molecule has 3 rings (SSSR count). The quantitative estimate of drug-likeness (QED) is 0.811. The molecule has 0 bridgehead atoms. The topological polar surface area (TPSA) is 88.2 Å². The minimum atomic E-state index is -3.30. The first-order chi connectivity index (χ1) is 12.6. The highest BCUT2D eigenvalue weighted by Crippen LogP contribution is 2.36. The maximum absolute atomic E-state index is 12.4. The van der Waals surface area contributed by atoms with Crippen molar-refractivity contribution in [2.24, 2.45) is 0 Å². The van der Waals surface area contributed by atoms with E-state index in [1.54, 1.807) is 13.8 Å². The van der Waals surface area contributed by atoms with Gasteiger partial charge in [-0.1, -0.05) is 11.8 Å². The Bertz CT molecular complexity index is 924. The van der Waals surface area contributed by atoms with Crippen LogP contribution in [-0.2, 0) is 19.3 Å². The number of nitrogens with one attached hydrogen (secondary N) is 1. The van der Waals surface area contributed by atoms with Gasteiger partial charge in [0, 0.05) is 12.8 Å². The van der Waals surface area contributed by atoms with Gasteiger partial charge in [0.1, 0.15) is 10.8 Å². The van der Waals surface area contributed by atoms with Crippen LogP contribution in [0.25, 0.3) is 0 Å². The third-order valence-corrected chi connectivity index (χ3v) is 7.91. The van der Waals surface area contributed by atoms with Gasteiger partial charge < -0.3 is 9.64 Å². The van der Waals surface area contributed by atoms with Gasteiger partial charge in [-0.2, -0.15) is 5.10 Å². The first-order valence-electron chi connectivity index (χ1n) is 8.84. The number of aromatic nitrogens is 3. The summed E-state index contributed by atoms with van der Waals surface area (Å²) >= 11 is 1.45. The van der Waals surface area contributed by atoms with Crippen LogP contribution in [-0.4, -0.2) is 55.7 Å². The smallest absolute Gasteiger partial charge is 0.156 e. The van der Waals surface area contributed by atoms with Gasteiger partial charge in [-0.25, -0.2) is 13.4 Å². The molecule has 0 spiro atoms. The van der Waals surface area contributed by atoms with Crippen LogP contribution in [0, 0.1) is 6.92 Å². The number of pyridine rings is 1. The van der Waals surface area contributed by atoms with E-state index in [9.17, 15) is 8.42 Å². The summed E-state index contributed by atoms with van der Waals surface area (Å²) < 4.78 is 29.3. The zero-order valence-corrected chi connectivity index (χ0v) is 17.9. The van der Waals surface area contributed by atoms with Gasteiger partial charge in [0.25, 0.3) is 0 Å². The van der Waals surface area contributed by atoms with E-state index in [2.05, 4.69) is 22.0 Å². The summed E-state index contributed by atoms with van der Waals surface area (Å²) in [5.74, 6) is 0.777. The van der Waals surface area contributed by atoms with Gasteiger partial charge in [0.2, 0.25) is 0 Å². The first-order valence-corrected chi connectivity index (χ1v) is 11.5. The Morgan fingerprint density at radius 1 is 1.33 bits per heavy atom. The van der Waals surface area contributed by atoms with E-state index in [0.717, 1.165) is 33.7 Å². The Labute approximate surface area is 164 Å². The molecule has 1 aliphatic rings. The maximum atomic E-state index is 12.4. The van der Waals surface area contributed by atoms with E-state index in [-0.39, 0.29) is 6.04 Å². The van der Waals surface area contributed by atoms with Crippen molar-refractivity contribution in [2.45, 2.75) is 48.5 Å². The van der Waals surface area contributed by atoms with Gasteiger partial charge in [0.15, 0.2) is 9.84 Å². The molecule has 0 radical (unpaired) electrons. The first kappa shape index (κ1) is 20.2. The maximum Gasteiger partial charge on any atom is 0.156 e. The average molecular weight is 411 g/mol.